The van der Waals surface area contributed by atoms with Crippen LogP contribution in [0.1, 0.15) is 51.5 Å². The van der Waals surface area contributed by atoms with Gasteiger partial charge in [-0.25, -0.2) is 0 Å². The highest BCUT2D eigenvalue weighted by atomic mass is 32.2. The van der Waals surface area contributed by atoms with Crippen LogP contribution in [0.5, 0.6) is 0 Å². The Morgan fingerprint density at radius 2 is 1.96 bits per heavy atom. The molecule has 2 rings (SSSR count). The molecule has 1 atom stereocenters. The van der Waals surface area contributed by atoms with E-state index in [0.29, 0.717) is 0 Å². The molecule has 144 valence electrons. The number of nitrogens with one attached hydrogen (secondary N) is 2. The van der Waals surface area contributed by atoms with E-state index in [1.165, 1.54) is 37.7 Å². The molecule has 2 amide bonds. The Kier molecular flexibility index (Phi) is 8.45. The van der Waals surface area contributed by atoms with E-state index < -0.39 is 6.04 Å². The lowest BCUT2D eigenvalue weighted by Crippen LogP contribution is -2.46. The zero-order chi connectivity index (χ0) is 18.9. The summed E-state index contributed by atoms with van der Waals surface area (Å²) >= 11 is 2.01. The molecule has 0 aromatic heterocycles. The number of nitrogens with two attached hydrogens (primary N) is 1. The van der Waals surface area contributed by atoms with Gasteiger partial charge in [0.05, 0.1) is 12.6 Å². The van der Waals surface area contributed by atoms with Crippen molar-refractivity contribution >= 4 is 29.3 Å². The predicted octanol–water partition coefficient (Wildman–Crippen LogP) is 3.29. The Labute approximate surface area is 160 Å². The number of hydrogen-bond acceptors (Lipinski definition) is 4. The van der Waals surface area contributed by atoms with Crippen molar-refractivity contribution in [1.29, 1.82) is 0 Å². The lowest BCUT2D eigenvalue weighted by Gasteiger charge is -2.21. The van der Waals surface area contributed by atoms with E-state index in [1.54, 1.807) is 0 Å². The SMILES string of the molecule is CC(C)[C@H](N)C(=O)NCC(=O)Nc1cccc(CSC2CCCCC2)c1. The van der Waals surface area contributed by atoms with Crippen LogP contribution in [0.4, 0.5) is 5.69 Å². The maximum Gasteiger partial charge on any atom is 0.243 e. The third kappa shape index (κ3) is 7.00. The average molecular weight is 378 g/mol. The fraction of sp³-hybridized carbons (Fsp3) is 0.600. The summed E-state index contributed by atoms with van der Waals surface area (Å²) in [5.41, 5.74) is 7.74. The molecule has 1 fully saturated rings. The number of amides is 2. The van der Waals surface area contributed by atoms with Crippen molar-refractivity contribution in [2.45, 2.75) is 63.0 Å². The second-order valence-electron chi connectivity index (χ2n) is 7.31. The van der Waals surface area contributed by atoms with E-state index in [0.717, 1.165) is 16.7 Å². The van der Waals surface area contributed by atoms with Gasteiger partial charge in [0.15, 0.2) is 0 Å². The summed E-state index contributed by atoms with van der Waals surface area (Å²) in [6, 6.07) is 7.33. The van der Waals surface area contributed by atoms with Crippen molar-refractivity contribution < 1.29 is 9.59 Å². The van der Waals surface area contributed by atoms with Crippen molar-refractivity contribution in [2.24, 2.45) is 11.7 Å². The first kappa shape index (κ1) is 20.8. The number of thioether (sulfide) groups is 1. The molecule has 0 unspecified atom stereocenters. The topological polar surface area (TPSA) is 84.2 Å². The van der Waals surface area contributed by atoms with E-state index in [2.05, 4.69) is 16.7 Å². The molecule has 0 heterocycles. The lowest BCUT2D eigenvalue weighted by molar-refractivity contribution is -0.125. The number of anilines is 1. The molecule has 1 aliphatic rings. The first-order valence-corrected chi connectivity index (χ1v) is 10.5. The Balaban J connectivity index is 1.78. The molecular formula is C20H31N3O2S. The quantitative estimate of drug-likeness (QED) is 0.649. The largest absolute Gasteiger partial charge is 0.346 e. The highest BCUT2D eigenvalue weighted by molar-refractivity contribution is 7.99. The van der Waals surface area contributed by atoms with Gasteiger partial charge in [0.1, 0.15) is 0 Å². The smallest absolute Gasteiger partial charge is 0.243 e. The Bertz CT molecular complexity index is 600. The summed E-state index contributed by atoms with van der Waals surface area (Å²) in [6.07, 6.45) is 6.70. The highest BCUT2D eigenvalue weighted by Crippen LogP contribution is 2.30. The summed E-state index contributed by atoms with van der Waals surface area (Å²) in [6.45, 7) is 3.68. The molecular weight excluding hydrogens is 346 g/mol. The average Bonchev–Trinajstić information content (AvgIpc) is 2.65. The summed E-state index contributed by atoms with van der Waals surface area (Å²) in [5, 5.41) is 6.19. The van der Waals surface area contributed by atoms with Crippen molar-refractivity contribution in [2.75, 3.05) is 11.9 Å². The minimum atomic E-state index is -0.594. The summed E-state index contributed by atoms with van der Waals surface area (Å²) < 4.78 is 0. The third-order valence-electron chi connectivity index (χ3n) is 4.69. The molecule has 0 radical (unpaired) electrons. The van der Waals surface area contributed by atoms with Crippen molar-refractivity contribution in [3.63, 3.8) is 0 Å². The molecule has 1 saturated carbocycles. The van der Waals surface area contributed by atoms with Gasteiger partial charge in [0.25, 0.3) is 0 Å². The van der Waals surface area contributed by atoms with Gasteiger partial charge in [-0.1, -0.05) is 45.2 Å². The summed E-state index contributed by atoms with van der Waals surface area (Å²) in [4.78, 5) is 23.9. The molecule has 6 heteroatoms. The van der Waals surface area contributed by atoms with Gasteiger partial charge in [-0.15, -0.1) is 0 Å². The van der Waals surface area contributed by atoms with Crippen molar-refractivity contribution in [3.8, 4) is 0 Å². The van der Waals surface area contributed by atoms with Crippen LogP contribution in [0, 0.1) is 5.92 Å². The molecule has 1 aliphatic carbocycles. The van der Waals surface area contributed by atoms with Crippen LogP contribution < -0.4 is 16.4 Å². The molecule has 0 spiro atoms. The van der Waals surface area contributed by atoms with Gasteiger partial charge >= 0.3 is 0 Å². The van der Waals surface area contributed by atoms with Crippen LogP contribution in [-0.4, -0.2) is 29.7 Å². The second-order valence-corrected chi connectivity index (χ2v) is 8.60. The number of hydrogen-bond donors (Lipinski definition) is 3. The zero-order valence-electron chi connectivity index (χ0n) is 15.8. The highest BCUT2D eigenvalue weighted by Gasteiger charge is 2.17. The molecule has 26 heavy (non-hydrogen) atoms. The molecule has 0 bridgehead atoms. The Hall–Kier alpha value is -1.53. The fourth-order valence-electron chi connectivity index (χ4n) is 2.98. The van der Waals surface area contributed by atoms with Crippen LogP contribution in [-0.2, 0) is 15.3 Å². The van der Waals surface area contributed by atoms with E-state index in [1.807, 2.05) is 43.8 Å². The van der Waals surface area contributed by atoms with Gasteiger partial charge in [-0.05, 0) is 36.5 Å². The molecule has 1 aromatic carbocycles. The maximum atomic E-state index is 12.1. The minimum Gasteiger partial charge on any atom is -0.346 e. The van der Waals surface area contributed by atoms with E-state index in [9.17, 15) is 9.59 Å². The standard InChI is InChI=1S/C20H31N3O2S/c1-14(2)19(21)20(25)22-12-18(24)23-16-8-6-7-15(11-16)13-26-17-9-4-3-5-10-17/h6-8,11,14,17,19H,3-5,9-10,12-13,21H2,1-2H3,(H,22,25)(H,23,24)/t19-/m0/s1. The van der Waals surface area contributed by atoms with E-state index in [-0.39, 0.29) is 24.3 Å². The molecule has 1 aromatic rings. The first-order chi connectivity index (χ1) is 12.5. The predicted molar refractivity (Wildman–Crippen MR) is 109 cm³/mol. The van der Waals surface area contributed by atoms with Crippen LogP contribution in [0.2, 0.25) is 0 Å². The Morgan fingerprint density at radius 3 is 2.65 bits per heavy atom. The summed E-state index contributed by atoms with van der Waals surface area (Å²) in [5.74, 6) is 0.463. The van der Waals surface area contributed by atoms with Crippen LogP contribution in [0.15, 0.2) is 24.3 Å². The van der Waals surface area contributed by atoms with Crippen LogP contribution >= 0.6 is 11.8 Å². The third-order valence-corrected chi connectivity index (χ3v) is 6.14. The van der Waals surface area contributed by atoms with Gasteiger partial charge in [0, 0.05) is 16.7 Å². The first-order valence-electron chi connectivity index (χ1n) is 9.49. The zero-order valence-corrected chi connectivity index (χ0v) is 16.6. The second kappa shape index (κ2) is 10.6. The monoisotopic (exact) mass is 377 g/mol. The van der Waals surface area contributed by atoms with Crippen molar-refractivity contribution in [3.05, 3.63) is 29.8 Å². The van der Waals surface area contributed by atoms with Crippen LogP contribution in [0.3, 0.4) is 0 Å². The maximum absolute atomic E-state index is 12.1. The van der Waals surface area contributed by atoms with Crippen molar-refractivity contribution in [1.82, 2.24) is 5.32 Å². The molecule has 0 saturated heterocycles. The fourth-order valence-corrected chi connectivity index (χ4v) is 4.25. The van der Waals surface area contributed by atoms with E-state index in [4.69, 9.17) is 5.73 Å². The number of benzene rings is 1. The van der Waals surface area contributed by atoms with Gasteiger partial charge in [-0.3, -0.25) is 9.59 Å². The minimum absolute atomic E-state index is 0.0383. The summed E-state index contributed by atoms with van der Waals surface area (Å²) in [7, 11) is 0. The van der Waals surface area contributed by atoms with Gasteiger partial charge < -0.3 is 16.4 Å². The van der Waals surface area contributed by atoms with E-state index >= 15 is 0 Å². The molecule has 4 N–H and O–H groups in total. The van der Waals surface area contributed by atoms with Crippen LogP contribution in [0.25, 0.3) is 0 Å². The lowest BCUT2D eigenvalue weighted by atomic mass is 10.0. The molecule has 5 nitrogen and oxygen atoms in total. The van der Waals surface area contributed by atoms with Gasteiger partial charge in [0.2, 0.25) is 11.8 Å². The number of rotatable bonds is 8. The van der Waals surface area contributed by atoms with Gasteiger partial charge in [-0.2, -0.15) is 11.8 Å². The number of carbonyl (C=O) groups excluding carboxylic acids is 2. The Morgan fingerprint density at radius 1 is 1.23 bits per heavy atom. The molecule has 0 aliphatic heterocycles. The number of carbonyl (C=O) groups is 2. The normalized spacial score (nSPS) is 16.3.